The minimum absolute atomic E-state index is 0.0590. The number of nitrogens with zero attached hydrogens (tertiary/aromatic N) is 1. The van der Waals surface area contributed by atoms with Crippen molar-refractivity contribution in [3.8, 4) is 0 Å². The molecule has 0 unspecified atom stereocenters. The Labute approximate surface area is 104 Å². The zero-order chi connectivity index (χ0) is 11.7. The minimum Gasteiger partial charge on any atom is -0.288 e. The number of thiophene rings is 1. The lowest BCUT2D eigenvalue weighted by Crippen LogP contribution is -2.02. The summed E-state index contributed by atoms with van der Waals surface area (Å²) in [6.07, 6.45) is 2.45. The lowest BCUT2D eigenvalue weighted by molar-refractivity contribution is 0.103. The first-order chi connectivity index (χ1) is 7.59. The molecule has 0 aliphatic heterocycles. The molecule has 0 aliphatic carbocycles. The average Bonchev–Trinajstić information content (AvgIpc) is 2.59. The monoisotopic (exact) mass is 299 g/mol. The standard InChI is InChI=1S/C11H7BrFNOS/c1-6-4-9(16-11(6)12)10(15)7-2-3-14-5-8(7)13/h2-5H,1H3. The molecule has 2 rings (SSSR count). The Balaban J connectivity index is 2.43. The maximum absolute atomic E-state index is 13.3. The first-order valence-electron chi connectivity index (χ1n) is 4.49. The molecule has 0 fully saturated rings. The second-order valence-corrected chi connectivity index (χ2v) is 5.62. The van der Waals surface area contributed by atoms with Crippen LogP contribution in [-0.2, 0) is 0 Å². The van der Waals surface area contributed by atoms with E-state index in [0.29, 0.717) is 4.88 Å². The van der Waals surface area contributed by atoms with Crippen molar-refractivity contribution in [2.45, 2.75) is 6.92 Å². The minimum atomic E-state index is -0.588. The van der Waals surface area contributed by atoms with Gasteiger partial charge in [-0.05, 0) is 40.5 Å². The van der Waals surface area contributed by atoms with Gasteiger partial charge in [0, 0.05) is 6.20 Å². The smallest absolute Gasteiger partial charge is 0.206 e. The Hall–Kier alpha value is -1.07. The van der Waals surface area contributed by atoms with Gasteiger partial charge in [0.25, 0.3) is 0 Å². The summed E-state index contributed by atoms with van der Waals surface area (Å²) in [7, 11) is 0. The second kappa shape index (κ2) is 4.43. The van der Waals surface area contributed by atoms with Crippen LogP contribution in [0, 0.1) is 12.7 Å². The fourth-order valence-electron chi connectivity index (χ4n) is 1.26. The third-order valence-electron chi connectivity index (χ3n) is 2.10. The van der Waals surface area contributed by atoms with Crippen LogP contribution in [0.25, 0.3) is 0 Å². The van der Waals surface area contributed by atoms with Crippen molar-refractivity contribution in [1.29, 1.82) is 0 Å². The molecule has 0 saturated heterocycles. The molecule has 2 heterocycles. The van der Waals surface area contributed by atoms with Crippen molar-refractivity contribution >= 4 is 33.0 Å². The lowest BCUT2D eigenvalue weighted by Gasteiger charge is -1.98. The molecule has 0 amide bonds. The van der Waals surface area contributed by atoms with E-state index in [0.717, 1.165) is 15.5 Å². The van der Waals surface area contributed by atoms with Gasteiger partial charge < -0.3 is 0 Å². The van der Waals surface area contributed by atoms with Crippen LogP contribution in [0.4, 0.5) is 4.39 Å². The summed E-state index contributed by atoms with van der Waals surface area (Å²) >= 11 is 4.64. The Bertz CT molecular complexity index is 533. The van der Waals surface area contributed by atoms with Gasteiger partial charge >= 0.3 is 0 Å². The van der Waals surface area contributed by atoms with E-state index in [-0.39, 0.29) is 11.3 Å². The van der Waals surface area contributed by atoms with Crippen molar-refractivity contribution in [1.82, 2.24) is 4.98 Å². The Morgan fingerprint density at radius 2 is 2.31 bits per heavy atom. The number of hydrogen-bond donors (Lipinski definition) is 0. The molecule has 82 valence electrons. The summed E-state index contributed by atoms with van der Waals surface area (Å²) in [6.45, 7) is 1.89. The average molecular weight is 300 g/mol. The van der Waals surface area contributed by atoms with Crippen LogP contribution in [0.5, 0.6) is 0 Å². The van der Waals surface area contributed by atoms with E-state index in [9.17, 15) is 9.18 Å². The van der Waals surface area contributed by atoms with Crippen LogP contribution in [-0.4, -0.2) is 10.8 Å². The predicted octanol–water partition coefficient (Wildman–Crippen LogP) is 3.58. The zero-order valence-electron chi connectivity index (χ0n) is 8.33. The fourth-order valence-corrected chi connectivity index (χ4v) is 2.75. The van der Waals surface area contributed by atoms with E-state index in [1.807, 2.05) is 6.92 Å². The maximum Gasteiger partial charge on any atom is 0.206 e. The normalized spacial score (nSPS) is 10.4. The highest BCUT2D eigenvalue weighted by Crippen LogP contribution is 2.29. The number of aromatic nitrogens is 1. The summed E-state index contributed by atoms with van der Waals surface area (Å²) in [5.41, 5.74) is 1.03. The van der Waals surface area contributed by atoms with Crippen molar-refractivity contribution in [2.24, 2.45) is 0 Å². The van der Waals surface area contributed by atoms with Crippen molar-refractivity contribution < 1.29 is 9.18 Å². The molecular formula is C11H7BrFNOS. The SMILES string of the molecule is Cc1cc(C(=O)c2ccncc2F)sc1Br. The molecule has 0 aliphatic rings. The molecule has 0 aromatic carbocycles. The Morgan fingerprint density at radius 3 is 2.88 bits per heavy atom. The summed E-state index contributed by atoms with van der Waals surface area (Å²) in [5, 5.41) is 0. The summed E-state index contributed by atoms with van der Waals surface area (Å²) in [6, 6.07) is 3.14. The molecule has 2 aromatic rings. The van der Waals surface area contributed by atoms with Crippen LogP contribution in [0.15, 0.2) is 28.3 Å². The lowest BCUT2D eigenvalue weighted by atomic mass is 10.1. The molecule has 2 aromatic heterocycles. The van der Waals surface area contributed by atoms with Crippen LogP contribution in [0.2, 0.25) is 0 Å². The third-order valence-corrected chi connectivity index (χ3v) is 4.23. The molecule has 2 nitrogen and oxygen atoms in total. The van der Waals surface area contributed by atoms with Crippen LogP contribution in [0.3, 0.4) is 0 Å². The fraction of sp³-hybridized carbons (Fsp3) is 0.0909. The molecule has 0 radical (unpaired) electrons. The van der Waals surface area contributed by atoms with Crippen LogP contribution in [0.1, 0.15) is 20.8 Å². The van der Waals surface area contributed by atoms with Gasteiger partial charge in [-0.3, -0.25) is 9.78 Å². The predicted molar refractivity (Wildman–Crippen MR) is 64.4 cm³/mol. The van der Waals surface area contributed by atoms with Gasteiger partial charge in [0.15, 0.2) is 5.82 Å². The van der Waals surface area contributed by atoms with Gasteiger partial charge in [0.05, 0.1) is 20.4 Å². The maximum atomic E-state index is 13.3. The molecular weight excluding hydrogens is 293 g/mol. The zero-order valence-corrected chi connectivity index (χ0v) is 10.7. The van der Waals surface area contributed by atoms with Crippen molar-refractivity contribution in [3.63, 3.8) is 0 Å². The number of ketones is 1. The summed E-state index contributed by atoms with van der Waals surface area (Å²) in [5.74, 6) is -0.895. The van der Waals surface area contributed by atoms with E-state index in [4.69, 9.17) is 0 Å². The number of carbonyl (C=O) groups is 1. The summed E-state index contributed by atoms with van der Waals surface area (Å²) in [4.78, 5) is 16.1. The number of rotatable bonds is 2. The highest BCUT2D eigenvalue weighted by atomic mass is 79.9. The third kappa shape index (κ3) is 2.05. The highest BCUT2D eigenvalue weighted by Gasteiger charge is 2.16. The topological polar surface area (TPSA) is 30.0 Å². The number of aryl methyl sites for hydroxylation is 1. The first kappa shape index (κ1) is 11.4. The number of hydrogen-bond acceptors (Lipinski definition) is 3. The molecule has 5 heteroatoms. The Kier molecular flexibility index (Phi) is 3.16. The van der Waals surface area contributed by atoms with Crippen molar-refractivity contribution in [3.05, 3.63) is 50.1 Å². The van der Waals surface area contributed by atoms with Gasteiger partial charge in [-0.1, -0.05) is 0 Å². The van der Waals surface area contributed by atoms with Crippen LogP contribution >= 0.6 is 27.3 Å². The van der Waals surface area contributed by atoms with Gasteiger partial charge in [-0.25, -0.2) is 4.39 Å². The summed E-state index contributed by atoms with van der Waals surface area (Å²) < 4.78 is 14.2. The van der Waals surface area contributed by atoms with Gasteiger partial charge in [-0.15, -0.1) is 11.3 Å². The number of carbonyl (C=O) groups excluding carboxylic acids is 1. The molecule has 0 saturated carbocycles. The molecule has 16 heavy (non-hydrogen) atoms. The highest BCUT2D eigenvalue weighted by molar-refractivity contribution is 9.11. The van der Waals surface area contributed by atoms with E-state index < -0.39 is 5.82 Å². The quantitative estimate of drug-likeness (QED) is 0.793. The second-order valence-electron chi connectivity index (χ2n) is 3.25. The number of pyridine rings is 1. The van der Waals surface area contributed by atoms with E-state index in [2.05, 4.69) is 20.9 Å². The largest absolute Gasteiger partial charge is 0.288 e. The van der Waals surface area contributed by atoms with Crippen LogP contribution < -0.4 is 0 Å². The van der Waals surface area contributed by atoms with Gasteiger partial charge in [0.2, 0.25) is 5.78 Å². The first-order valence-corrected chi connectivity index (χ1v) is 6.10. The van der Waals surface area contributed by atoms with Gasteiger partial charge in [-0.2, -0.15) is 0 Å². The van der Waals surface area contributed by atoms with E-state index in [1.54, 1.807) is 6.07 Å². The van der Waals surface area contributed by atoms with E-state index >= 15 is 0 Å². The molecule has 0 atom stereocenters. The number of halogens is 2. The van der Waals surface area contributed by atoms with Gasteiger partial charge in [0.1, 0.15) is 0 Å². The Morgan fingerprint density at radius 1 is 1.56 bits per heavy atom. The molecule has 0 N–H and O–H groups in total. The molecule has 0 bridgehead atoms. The molecule has 0 spiro atoms. The van der Waals surface area contributed by atoms with E-state index in [1.165, 1.54) is 23.6 Å². The van der Waals surface area contributed by atoms with Crippen molar-refractivity contribution in [2.75, 3.05) is 0 Å².